The summed E-state index contributed by atoms with van der Waals surface area (Å²) in [5.41, 5.74) is 8.91. The lowest BCUT2D eigenvalue weighted by Crippen LogP contribution is -2.14. The molecule has 2 N–H and O–H groups in total. The molecule has 1 aliphatic carbocycles. The lowest BCUT2D eigenvalue weighted by molar-refractivity contribution is 0.443. The first-order valence-electron chi connectivity index (χ1n) is 8.00. The molecule has 1 nitrogen and oxygen atoms in total. The topological polar surface area (TPSA) is 26.0 Å². The predicted molar refractivity (Wildman–Crippen MR) is 83.5 cm³/mol. The first-order valence-corrected chi connectivity index (χ1v) is 8.00. The fourth-order valence-electron chi connectivity index (χ4n) is 3.41. The maximum atomic E-state index is 5.93. The van der Waals surface area contributed by atoms with Crippen molar-refractivity contribution in [2.75, 3.05) is 6.54 Å². The number of rotatable bonds is 5. The number of hydrogen-bond acceptors (Lipinski definition) is 1. The lowest BCUT2D eigenvalue weighted by atomic mass is 9.83. The second-order valence-corrected chi connectivity index (χ2v) is 6.56. The summed E-state index contributed by atoms with van der Waals surface area (Å²) in [7, 11) is 0. The fourth-order valence-corrected chi connectivity index (χ4v) is 3.41. The summed E-state index contributed by atoms with van der Waals surface area (Å²) in [5, 5.41) is 0. The van der Waals surface area contributed by atoms with Gasteiger partial charge in [0.15, 0.2) is 0 Å². The third-order valence-corrected chi connectivity index (χ3v) is 4.52. The van der Waals surface area contributed by atoms with Crippen molar-refractivity contribution in [3.05, 3.63) is 35.4 Å². The molecule has 1 fully saturated rings. The monoisotopic (exact) mass is 259 g/mol. The van der Waals surface area contributed by atoms with E-state index < -0.39 is 0 Å². The summed E-state index contributed by atoms with van der Waals surface area (Å²) >= 11 is 0. The molecule has 1 aliphatic rings. The molecule has 0 heterocycles. The minimum Gasteiger partial charge on any atom is -0.330 e. The molecule has 0 radical (unpaired) electrons. The van der Waals surface area contributed by atoms with Gasteiger partial charge in [-0.2, -0.15) is 0 Å². The van der Waals surface area contributed by atoms with Gasteiger partial charge in [0.2, 0.25) is 0 Å². The summed E-state index contributed by atoms with van der Waals surface area (Å²) in [5.74, 6) is 2.05. The van der Waals surface area contributed by atoms with E-state index in [1.165, 1.54) is 44.1 Å². The summed E-state index contributed by atoms with van der Waals surface area (Å²) < 4.78 is 0. The van der Waals surface area contributed by atoms with Crippen molar-refractivity contribution in [3.63, 3.8) is 0 Å². The Kier molecular flexibility index (Phi) is 5.45. The Morgan fingerprint density at radius 1 is 1.05 bits per heavy atom. The third-order valence-electron chi connectivity index (χ3n) is 4.52. The van der Waals surface area contributed by atoms with Gasteiger partial charge in [0.25, 0.3) is 0 Å². The molecule has 1 aromatic rings. The minimum atomic E-state index is 0.528. The van der Waals surface area contributed by atoms with E-state index in [0.717, 1.165) is 12.5 Å². The molecule has 0 aromatic heterocycles. The summed E-state index contributed by atoms with van der Waals surface area (Å²) in [4.78, 5) is 0. The lowest BCUT2D eigenvalue weighted by Gasteiger charge is -2.23. The normalized spacial score (nSPS) is 18.7. The molecular formula is C18H29N. The second-order valence-electron chi connectivity index (χ2n) is 6.56. The largest absolute Gasteiger partial charge is 0.330 e. The highest BCUT2D eigenvalue weighted by Crippen LogP contribution is 2.33. The van der Waals surface area contributed by atoms with Crippen molar-refractivity contribution in [1.82, 2.24) is 0 Å². The van der Waals surface area contributed by atoms with E-state index in [1.54, 1.807) is 5.56 Å². The van der Waals surface area contributed by atoms with Crippen molar-refractivity contribution < 1.29 is 0 Å². The van der Waals surface area contributed by atoms with E-state index >= 15 is 0 Å². The zero-order valence-electron chi connectivity index (χ0n) is 12.6. The number of nitrogens with two attached hydrogens (primary N) is 1. The average Bonchev–Trinajstić information content (AvgIpc) is 2.46. The van der Waals surface area contributed by atoms with Crippen LogP contribution in [0.2, 0.25) is 0 Å². The smallest absolute Gasteiger partial charge is 0.000814 e. The van der Waals surface area contributed by atoms with Gasteiger partial charge >= 0.3 is 0 Å². The Balaban J connectivity index is 2.03. The third kappa shape index (κ3) is 4.07. The average molecular weight is 259 g/mol. The van der Waals surface area contributed by atoms with Crippen LogP contribution in [0.1, 0.15) is 75.3 Å². The molecule has 19 heavy (non-hydrogen) atoms. The highest BCUT2D eigenvalue weighted by atomic mass is 14.5. The van der Waals surface area contributed by atoms with Gasteiger partial charge in [0.05, 0.1) is 0 Å². The Bertz CT molecular complexity index is 360. The fraction of sp³-hybridized carbons (Fsp3) is 0.667. The predicted octanol–water partition coefficient (Wildman–Crippen LogP) is 4.82. The molecule has 0 amide bonds. The maximum Gasteiger partial charge on any atom is -0.000814 e. The van der Waals surface area contributed by atoms with Crippen molar-refractivity contribution in [2.45, 2.75) is 64.2 Å². The molecular weight excluding hydrogens is 230 g/mol. The van der Waals surface area contributed by atoms with Crippen LogP contribution < -0.4 is 5.73 Å². The Morgan fingerprint density at radius 3 is 2.21 bits per heavy atom. The minimum absolute atomic E-state index is 0.528. The van der Waals surface area contributed by atoms with Crippen molar-refractivity contribution in [3.8, 4) is 0 Å². The van der Waals surface area contributed by atoms with Crippen LogP contribution in [0.4, 0.5) is 0 Å². The molecule has 1 unspecified atom stereocenters. The van der Waals surface area contributed by atoms with E-state index in [-0.39, 0.29) is 0 Å². The Labute approximate surface area is 118 Å². The van der Waals surface area contributed by atoms with E-state index in [1.807, 2.05) is 0 Å². The van der Waals surface area contributed by atoms with Crippen molar-refractivity contribution in [1.29, 1.82) is 0 Å². The SMILES string of the molecule is CC(C)CC(CN)c1ccc(C2CCCCC2)cc1. The van der Waals surface area contributed by atoms with Crippen LogP contribution >= 0.6 is 0 Å². The number of hydrogen-bond donors (Lipinski definition) is 1. The first-order chi connectivity index (χ1) is 9.20. The quantitative estimate of drug-likeness (QED) is 0.806. The summed E-state index contributed by atoms with van der Waals surface area (Å²) in [6.07, 6.45) is 8.20. The van der Waals surface area contributed by atoms with Gasteiger partial charge in [-0.05, 0) is 54.7 Å². The first kappa shape index (κ1) is 14.6. The standard InChI is InChI=1S/C18H29N/c1-14(2)12-18(13-19)17-10-8-16(9-11-17)15-6-4-3-5-7-15/h8-11,14-15,18H,3-7,12-13,19H2,1-2H3. The Hall–Kier alpha value is -0.820. The molecule has 0 bridgehead atoms. The van der Waals surface area contributed by atoms with E-state index in [9.17, 15) is 0 Å². The van der Waals surface area contributed by atoms with Crippen LogP contribution in [-0.4, -0.2) is 6.54 Å². The maximum absolute atomic E-state index is 5.93. The molecule has 1 saturated carbocycles. The Morgan fingerprint density at radius 2 is 1.68 bits per heavy atom. The van der Waals surface area contributed by atoms with E-state index in [4.69, 9.17) is 5.73 Å². The van der Waals surface area contributed by atoms with Crippen molar-refractivity contribution >= 4 is 0 Å². The number of benzene rings is 1. The van der Waals surface area contributed by atoms with Crippen molar-refractivity contribution in [2.24, 2.45) is 11.7 Å². The molecule has 0 aliphatic heterocycles. The zero-order valence-corrected chi connectivity index (χ0v) is 12.6. The van der Waals surface area contributed by atoms with Gasteiger partial charge in [-0.3, -0.25) is 0 Å². The van der Waals surface area contributed by atoms with Crippen LogP contribution in [-0.2, 0) is 0 Å². The highest BCUT2D eigenvalue weighted by Gasteiger charge is 2.16. The van der Waals surface area contributed by atoms with E-state index in [0.29, 0.717) is 11.8 Å². The van der Waals surface area contributed by atoms with Gasteiger partial charge in [-0.15, -0.1) is 0 Å². The molecule has 1 atom stereocenters. The summed E-state index contributed by atoms with van der Waals surface area (Å²) in [6.45, 7) is 5.32. The van der Waals surface area contributed by atoms with Crippen LogP contribution in [0.25, 0.3) is 0 Å². The van der Waals surface area contributed by atoms with Gasteiger partial charge in [0, 0.05) is 0 Å². The van der Waals surface area contributed by atoms with Gasteiger partial charge < -0.3 is 5.73 Å². The molecule has 0 spiro atoms. The van der Waals surface area contributed by atoms with Crippen LogP contribution in [0.15, 0.2) is 24.3 Å². The molecule has 106 valence electrons. The van der Waals surface area contributed by atoms with Crippen LogP contribution in [0, 0.1) is 5.92 Å². The highest BCUT2D eigenvalue weighted by molar-refractivity contribution is 5.28. The van der Waals surface area contributed by atoms with Gasteiger partial charge in [0.1, 0.15) is 0 Å². The zero-order chi connectivity index (χ0) is 13.7. The second kappa shape index (κ2) is 7.09. The molecule has 1 heteroatoms. The molecule has 2 rings (SSSR count). The van der Waals surface area contributed by atoms with Gasteiger partial charge in [-0.25, -0.2) is 0 Å². The van der Waals surface area contributed by atoms with Crippen LogP contribution in [0.5, 0.6) is 0 Å². The molecule has 1 aromatic carbocycles. The van der Waals surface area contributed by atoms with Gasteiger partial charge in [-0.1, -0.05) is 57.4 Å². The van der Waals surface area contributed by atoms with E-state index in [2.05, 4.69) is 38.1 Å². The molecule has 0 saturated heterocycles. The van der Waals surface area contributed by atoms with Crippen LogP contribution in [0.3, 0.4) is 0 Å². The summed E-state index contributed by atoms with van der Waals surface area (Å²) in [6, 6.07) is 9.36.